The van der Waals surface area contributed by atoms with E-state index in [9.17, 15) is 4.79 Å². The topological polar surface area (TPSA) is 37.3 Å². The van der Waals surface area contributed by atoms with Crippen LogP contribution in [0, 0.1) is 6.92 Å². The second-order valence-corrected chi connectivity index (χ2v) is 4.99. The van der Waals surface area contributed by atoms with Crippen LogP contribution in [-0.2, 0) is 7.05 Å². The summed E-state index contributed by atoms with van der Waals surface area (Å²) in [5.41, 5.74) is 1.92. The molecule has 1 saturated heterocycles. The van der Waals surface area contributed by atoms with Gasteiger partial charge in [-0.2, -0.15) is 0 Å². The molecule has 2 heterocycles. The van der Waals surface area contributed by atoms with Crippen molar-refractivity contribution in [2.24, 2.45) is 7.05 Å². The van der Waals surface area contributed by atoms with Crippen molar-refractivity contribution in [3.8, 4) is 0 Å². The third kappa shape index (κ3) is 2.43. The highest BCUT2D eigenvalue weighted by Gasteiger charge is 2.26. The molecule has 2 rings (SSSR count). The van der Waals surface area contributed by atoms with Gasteiger partial charge in [-0.05, 0) is 51.9 Å². The summed E-state index contributed by atoms with van der Waals surface area (Å²) in [6.07, 6.45) is 2.12. The Hall–Kier alpha value is -1.29. The first-order chi connectivity index (χ1) is 8.65. The molecule has 0 atom stereocenters. The van der Waals surface area contributed by atoms with Gasteiger partial charge in [-0.25, -0.2) is 0 Å². The van der Waals surface area contributed by atoms with Crippen LogP contribution in [0.3, 0.4) is 0 Å². The second-order valence-electron chi connectivity index (χ2n) is 4.99. The fourth-order valence-electron chi connectivity index (χ4n) is 2.66. The molecule has 1 fully saturated rings. The molecule has 1 N–H and O–H groups in total. The van der Waals surface area contributed by atoms with Crippen molar-refractivity contribution in [2.75, 3.05) is 19.6 Å². The second kappa shape index (κ2) is 5.57. The van der Waals surface area contributed by atoms with Gasteiger partial charge in [0.1, 0.15) is 5.69 Å². The highest BCUT2D eigenvalue weighted by Crippen LogP contribution is 2.16. The van der Waals surface area contributed by atoms with E-state index >= 15 is 0 Å². The molecule has 0 radical (unpaired) electrons. The molecule has 4 heteroatoms. The largest absolute Gasteiger partial charge is 0.344 e. The molecule has 0 bridgehead atoms. The minimum atomic E-state index is 0.167. The van der Waals surface area contributed by atoms with Crippen LogP contribution in [0.2, 0.25) is 0 Å². The van der Waals surface area contributed by atoms with Gasteiger partial charge < -0.3 is 14.8 Å². The Kier molecular flexibility index (Phi) is 4.07. The molecule has 0 unspecified atom stereocenters. The van der Waals surface area contributed by atoms with Crippen LogP contribution in [0.5, 0.6) is 0 Å². The number of aryl methyl sites for hydroxylation is 1. The Bertz CT molecular complexity index is 419. The zero-order chi connectivity index (χ0) is 13.1. The number of carbonyl (C=O) groups is 1. The Morgan fingerprint density at radius 1 is 1.44 bits per heavy atom. The van der Waals surface area contributed by atoms with E-state index in [1.807, 2.05) is 35.6 Å². The number of carbonyl (C=O) groups excluding carboxylic acids is 1. The highest BCUT2D eigenvalue weighted by molar-refractivity contribution is 5.93. The van der Waals surface area contributed by atoms with Gasteiger partial charge in [0.15, 0.2) is 0 Å². The van der Waals surface area contributed by atoms with E-state index in [1.165, 1.54) is 0 Å². The number of hydrogen-bond donors (Lipinski definition) is 1. The summed E-state index contributed by atoms with van der Waals surface area (Å²) in [7, 11) is 1.96. The lowest BCUT2D eigenvalue weighted by molar-refractivity contribution is 0.0646. The number of aromatic nitrogens is 1. The van der Waals surface area contributed by atoms with E-state index in [2.05, 4.69) is 12.2 Å². The van der Waals surface area contributed by atoms with E-state index in [0.717, 1.165) is 43.9 Å². The van der Waals surface area contributed by atoms with Gasteiger partial charge in [0, 0.05) is 25.3 Å². The van der Waals surface area contributed by atoms with Gasteiger partial charge in [-0.1, -0.05) is 0 Å². The summed E-state index contributed by atoms with van der Waals surface area (Å²) in [4.78, 5) is 14.6. The lowest BCUT2D eigenvalue weighted by Crippen LogP contribution is -2.46. The molecule has 0 aromatic carbocycles. The summed E-state index contributed by atoms with van der Waals surface area (Å²) >= 11 is 0. The molecule has 1 aliphatic heterocycles. The number of hydrogen-bond acceptors (Lipinski definition) is 2. The first-order valence-electron chi connectivity index (χ1n) is 6.79. The van der Waals surface area contributed by atoms with Crippen LogP contribution in [0.15, 0.2) is 12.1 Å². The van der Waals surface area contributed by atoms with E-state index in [1.54, 1.807) is 0 Å². The van der Waals surface area contributed by atoms with Crippen molar-refractivity contribution in [1.29, 1.82) is 0 Å². The van der Waals surface area contributed by atoms with E-state index in [0.29, 0.717) is 6.04 Å². The molecular weight excluding hydrogens is 226 g/mol. The predicted octanol–water partition coefficient (Wildman–Crippen LogP) is 1.55. The molecule has 1 aromatic rings. The maximum absolute atomic E-state index is 12.6. The highest BCUT2D eigenvalue weighted by atomic mass is 16.2. The van der Waals surface area contributed by atoms with Crippen molar-refractivity contribution in [3.63, 3.8) is 0 Å². The van der Waals surface area contributed by atoms with Crippen LogP contribution < -0.4 is 5.32 Å². The minimum absolute atomic E-state index is 0.167. The van der Waals surface area contributed by atoms with E-state index in [-0.39, 0.29) is 5.91 Å². The van der Waals surface area contributed by atoms with Gasteiger partial charge >= 0.3 is 0 Å². The zero-order valence-electron chi connectivity index (χ0n) is 11.6. The maximum Gasteiger partial charge on any atom is 0.270 e. The lowest BCUT2D eigenvalue weighted by Gasteiger charge is -2.34. The quantitative estimate of drug-likeness (QED) is 0.882. The first-order valence-corrected chi connectivity index (χ1v) is 6.79. The molecule has 18 heavy (non-hydrogen) atoms. The molecule has 1 aliphatic rings. The summed E-state index contributed by atoms with van der Waals surface area (Å²) in [5, 5.41) is 3.34. The maximum atomic E-state index is 12.6. The van der Waals surface area contributed by atoms with Gasteiger partial charge in [-0.3, -0.25) is 4.79 Å². The lowest BCUT2D eigenvalue weighted by atomic mass is 10.0. The average molecular weight is 249 g/mol. The Morgan fingerprint density at radius 2 is 2.11 bits per heavy atom. The van der Waals surface area contributed by atoms with Gasteiger partial charge in [0.05, 0.1) is 0 Å². The van der Waals surface area contributed by atoms with Crippen LogP contribution in [-0.4, -0.2) is 41.1 Å². The fraction of sp³-hybridized carbons (Fsp3) is 0.643. The Labute approximate surface area is 109 Å². The average Bonchev–Trinajstić information content (AvgIpc) is 2.72. The summed E-state index contributed by atoms with van der Waals surface area (Å²) < 4.78 is 1.98. The van der Waals surface area contributed by atoms with Crippen LogP contribution in [0.4, 0.5) is 0 Å². The Morgan fingerprint density at radius 3 is 2.61 bits per heavy atom. The molecule has 1 amide bonds. The number of piperidine rings is 1. The number of nitrogens with zero attached hydrogens (tertiary/aromatic N) is 2. The van der Waals surface area contributed by atoms with E-state index in [4.69, 9.17) is 0 Å². The van der Waals surface area contributed by atoms with Crippen molar-refractivity contribution in [2.45, 2.75) is 32.7 Å². The standard InChI is InChI=1S/C14H23N3O/c1-4-17(12-7-9-15-10-8-12)14(18)13-6-5-11(2)16(13)3/h5-6,12,15H,4,7-10H2,1-3H3. The van der Waals surface area contributed by atoms with Crippen LogP contribution >= 0.6 is 0 Å². The summed E-state index contributed by atoms with van der Waals surface area (Å²) in [6.45, 7) is 6.91. The molecule has 0 saturated carbocycles. The van der Waals surface area contributed by atoms with Crippen LogP contribution in [0.25, 0.3) is 0 Å². The minimum Gasteiger partial charge on any atom is -0.344 e. The van der Waals surface area contributed by atoms with Gasteiger partial charge in [-0.15, -0.1) is 0 Å². The van der Waals surface area contributed by atoms with Crippen molar-refractivity contribution >= 4 is 5.91 Å². The van der Waals surface area contributed by atoms with Crippen molar-refractivity contribution < 1.29 is 4.79 Å². The van der Waals surface area contributed by atoms with Gasteiger partial charge in [0.25, 0.3) is 5.91 Å². The summed E-state index contributed by atoms with van der Waals surface area (Å²) in [6, 6.07) is 4.32. The molecular formula is C14H23N3O. The third-order valence-corrected chi connectivity index (χ3v) is 3.94. The molecule has 100 valence electrons. The van der Waals surface area contributed by atoms with Gasteiger partial charge in [0.2, 0.25) is 0 Å². The third-order valence-electron chi connectivity index (χ3n) is 3.94. The van der Waals surface area contributed by atoms with E-state index < -0.39 is 0 Å². The summed E-state index contributed by atoms with van der Waals surface area (Å²) in [5.74, 6) is 0.167. The Balaban J connectivity index is 2.16. The molecule has 1 aromatic heterocycles. The first kappa shape index (κ1) is 13.1. The smallest absolute Gasteiger partial charge is 0.270 e. The number of rotatable bonds is 3. The van der Waals surface area contributed by atoms with Crippen molar-refractivity contribution in [3.05, 3.63) is 23.5 Å². The SMILES string of the molecule is CCN(C(=O)c1ccc(C)n1C)C1CCNCC1. The molecule has 0 spiro atoms. The monoisotopic (exact) mass is 249 g/mol. The number of amides is 1. The van der Waals surface area contributed by atoms with Crippen LogP contribution in [0.1, 0.15) is 35.9 Å². The molecule has 4 nitrogen and oxygen atoms in total. The normalized spacial score (nSPS) is 16.8. The number of nitrogens with one attached hydrogen (secondary N) is 1. The molecule has 0 aliphatic carbocycles. The van der Waals surface area contributed by atoms with Crippen molar-refractivity contribution in [1.82, 2.24) is 14.8 Å². The zero-order valence-corrected chi connectivity index (χ0v) is 11.6. The predicted molar refractivity (Wildman–Crippen MR) is 72.8 cm³/mol. The fourth-order valence-corrected chi connectivity index (χ4v) is 2.66.